The second-order valence-corrected chi connectivity index (χ2v) is 3.96. The van der Waals surface area contributed by atoms with Crippen molar-refractivity contribution in [3.63, 3.8) is 0 Å². The molecule has 0 fully saturated rings. The van der Waals surface area contributed by atoms with Gasteiger partial charge in [-0.3, -0.25) is 4.79 Å². The van der Waals surface area contributed by atoms with Crippen molar-refractivity contribution in [3.8, 4) is 0 Å². The lowest BCUT2D eigenvalue weighted by molar-refractivity contribution is -0.136. The van der Waals surface area contributed by atoms with Gasteiger partial charge in [-0.05, 0) is 25.5 Å². The van der Waals surface area contributed by atoms with Gasteiger partial charge in [0.2, 0.25) is 0 Å². The molecule has 0 bridgehead atoms. The summed E-state index contributed by atoms with van der Waals surface area (Å²) in [6.45, 7) is 4.90. The lowest BCUT2D eigenvalue weighted by Crippen LogP contribution is -2.07. The molecule has 1 N–H and O–H groups in total. The molecule has 0 aliphatic carbocycles. The van der Waals surface area contributed by atoms with Gasteiger partial charge < -0.3 is 9.67 Å². The minimum atomic E-state index is -0.782. The van der Waals surface area contributed by atoms with E-state index in [2.05, 4.69) is 17.6 Å². The molecule has 0 aliphatic rings. The number of carboxylic acids is 1. The van der Waals surface area contributed by atoms with Crippen LogP contribution in [-0.2, 0) is 17.8 Å². The highest BCUT2D eigenvalue weighted by molar-refractivity contribution is 5.85. The minimum absolute atomic E-state index is 0.0853. The van der Waals surface area contributed by atoms with Gasteiger partial charge >= 0.3 is 5.97 Å². The first-order valence-corrected chi connectivity index (χ1v) is 5.43. The van der Waals surface area contributed by atoms with Crippen molar-refractivity contribution in [2.45, 2.75) is 26.8 Å². The number of carbonyl (C=O) groups is 1. The predicted molar refractivity (Wildman–Crippen MR) is 63.7 cm³/mol. The number of hydrogen-bond acceptors (Lipinski definition) is 1. The molecule has 0 spiro atoms. The van der Waals surface area contributed by atoms with Crippen LogP contribution in [0.1, 0.15) is 18.2 Å². The van der Waals surface area contributed by atoms with Crippen LogP contribution in [0.25, 0.3) is 10.9 Å². The largest absolute Gasteiger partial charge is 0.481 e. The van der Waals surface area contributed by atoms with Gasteiger partial charge in [-0.2, -0.15) is 0 Å². The Labute approximate surface area is 94.3 Å². The number of rotatable bonds is 3. The van der Waals surface area contributed by atoms with E-state index in [0.717, 1.165) is 23.1 Å². The quantitative estimate of drug-likeness (QED) is 0.858. The summed E-state index contributed by atoms with van der Waals surface area (Å²) in [4.78, 5) is 10.8. The Bertz CT molecular complexity index is 540. The first-order chi connectivity index (χ1) is 7.63. The molecule has 1 heterocycles. The maximum atomic E-state index is 10.8. The molecule has 2 aromatic rings. The molecule has 16 heavy (non-hydrogen) atoms. The third-order valence-electron chi connectivity index (χ3n) is 2.86. The van der Waals surface area contributed by atoms with Crippen LogP contribution in [0.5, 0.6) is 0 Å². The molecule has 1 aromatic heterocycles. The number of fused-ring (bicyclic) bond motifs is 1. The monoisotopic (exact) mass is 217 g/mol. The summed E-state index contributed by atoms with van der Waals surface area (Å²) in [7, 11) is 0. The third-order valence-corrected chi connectivity index (χ3v) is 2.86. The Kier molecular flexibility index (Phi) is 2.69. The van der Waals surface area contributed by atoms with Crippen LogP contribution >= 0.6 is 0 Å². The average Bonchev–Trinajstić information content (AvgIpc) is 2.55. The van der Waals surface area contributed by atoms with E-state index in [-0.39, 0.29) is 6.42 Å². The number of aliphatic carboxylic acids is 1. The highest BCUT2D eigenvalue weighted by Gasteiger charge is 2.11. The van der Waals surface area contributed by atoms with E-state index in [1.807, 2.05) is 25.1 Å². The Morgan fingerprint density at radius 3 is 2.81 bits per heavy atom. The predicted octanol–water partition coefficient (Wildman–Crippen LogP) is 2.60. The molecular weight excluding hydrogens is 202 g/mol. The normalized spacial score (nSPS) is 10.9. The van der Waals surface area contributed by atoms with E-state index in [9.17, 15) is 4.79 Å². The molecule has 0 saturated carbocycles. The van der Waals surface area contributed by atoms with Crippen molar-refractivity contribution < 1.29 is 9.90 Å². The van der Waals surface area contributed by atoms with Gasteiger partial charge in [0.1, 0.15) is 0 Å². The Morgan fingerprint density at radius 1 is 1.44 bits per heavy atom. The number of aryl methyl sites for hydroxylation is 2. The van der Waals surface area contributed by atoms with E-state index in [4.69, 9.17) is 5.11 Å². The summed E-state index contributed by atoms with van der Waals surface area (Å²) in [5.74, 6) is -0.782. The SMILES string of the molecule is CCn1c(CC(=O)O)cc2cccc(C)c21. The molecule has 0 amide bonds. The van der Waals surface area contributed by atoms with Crippen molar-refractivity contribution in [2.24, 2.45) is 0 Å². The van der Waals surface area contributed by atoms with Gasteiger partial charge in [-0.15, -0.1) is 0 Å². The summed E-state index contributed by atoms with van der Waals surface area (Å²) in [5, 5.41) is 9.99. The molecule has 3 heteroatoms. The fourth-order valence-corrected chi connectivity index (χ4v) is 2.23. The Balaban J connectivity index is 2.67. The maximum Gasteiger partial charge on any atom is 0.309 e. The number of aromatic nitrogens is 1. The lowest BCUT2D eigenvalue weighted by Gasteiger charge is -2.07. The molecule has 1 aromatic carbocycles. The van der Waals surface area contributed by atoms with E-state index >= 15 is 0 Å². The average molecular weight is 217 g/mol. The molecule has 0 atom stereocenters. The highest BCUT2D eigenvalue weighted by atomic mass is 16.4. The van der Waals surface area contributed by atoms with Crippen molar-refractivity contribution in [2.75, 3.05) is 0 Å². The molecular formula is C13H15NO2. The van der Waals surface area contributed by atoms with E-state index in [0.29, 0.717) is 0 Å². The molecule has 0 saturated heterocycles. The van der Waals surface area contributed by atoms with Crippen LogP contribution in [0.4, 0.5) is 0 Å². The van der Waals surface area contributed by atoms with Gasteiger partial charge in [0.15, 0.2) is 0 Å². The second kappa shape index (κ2) is 4.00. The summed E-state index contributed by atoms with van der Waals surface area (Å²) in [6.07, 6.45) is 0.0853. The summed E-state index contributed by atoms with van der Waals surface area (Å²) in [6, 6.07) is 8.06. The van der Waals surface area contributed by atoms with Gasteiger partial charge in [0.25, 0.3) is 0 Å². The second-order valence-electron chi connectivity index (χ2n) is 3.96. The summed E-state index contributed by atoms with van der Waals surface area (Å²) in [5.41, 5.74) is 3.22. The smallest absolute Gasteiger partial charge is 0.309 e. The first-order valence-electron chi connectivity index (χ1n) is 5.43. The first kappa shape index (κ1) is 10.7. The lowest BCUT2D eigenvalue weighted by atomic mass is 10.1. The minimum Gasteiger partial charge on any atom is -0.481 e. The molecule has 0 unspecified atom stereocenters. The summed E-state index contributed by atoms with van der Waals surface area (Å²) >= 11 is 0. The number of carboxylic acid groups (broad SMARTS) is 1. The number of nitrogens with zero attached hydrogens (tertiary/aromatic N) is 1. The maximum absolute atomic E-state index is 10.8. The van der Waals surface area contributed by atoms with Crippen LogP contribution in [0.2, 0.25) is 0 Å². The standard InChI is InChI=1S/C13H15NO2/c1-3-14-11(8-12(15)16)7-10-6-4-5-9(2)13(10)14/h4-7H,3,8H2,1-2H3,(H,15,16). The van der Waals surface area contributed by atoms with Crippen LogP contribution in [0.3, 0.4) is 0 Å². The van der Waals surface area contributed by atoms with Gasteiger partial charge in [0.05, 0.1) is 11.9 Å². The molecule has 0 radical (unpaired) electrons. The topological polar surface area (TPSA) is 42.2 Å². The number of benzene rings is 1. The molecule has 3 nitrogen and oxygen atoms in total. The van der Waals surface area contributed by atoms with Gasteiger partial charge in [-0.1, -0.05) is 18.2 Å². The van der Waals surface area contributed by atoms with Gasteiger partial charge in [-0.25, -0.2) is 0 Å². The summed E-state index contributed by atoms with van der Waals surface area (Å²) < 4.78 is 2.08. The van der Waals surface area contributed by atoms with E-state index < -0.39 is 5.97 Å². The van der Waals surface area contributed by atoms with E-state index in [1.54, 1.807) is 0 Å². The zero-order valence-electron chi connectivity index (χ0n) is 9.53. The van der Waals surface area contributed by atoms with Crippen LogP contribution in [0.15, 0.2) is 24.3 Å². The van der Waals surface area contributed by atoms with Crippen molar-refractivity contribution >= 4 is 16.9 Å². The fraction of sp³-hybridized carbons (Fsp3) is 0.308. The van der Waals surface area contributed by atoms with Gasteiger partial charge in [0, 0.05) is 17.6 Å². The Morgan fingerprint density at radius 2 is 2.19 bits per heavy atom. The molecule has 2 rings (SSSR count). The highest BCUT2D eigenvalue weighted by Crippen LogP contribution is 2.23. The van der Waals surface area contributed by atoms with Crippen molar-refractivity contribution in [1.29, 1.82) is 0 Å². The number of para-hydroxylation sites is 1. The Hall–Kier alpha value is -1.77. The number of hydrogen-bond donors (Lipinski definition) is 1. The van der Waals surface area contributed by atoms with Crippen LogP contribution in [0, 0.1) is 6.92 Å². The third kappa shape index (κ3) is 1.69. The zero-order valence-corrected chi connectivity index (χ0v) is 9.53. The van der Waals surface area contributed by atoms with Crippen LogP contribution in [-0.4, -0.2) is 15.6 Å². The van der Waals surface area contributed by atoms with Crippen molar-refractivity contribution in [3.05, 3.63) is 35.5 Å². The molecule has 0 aliphatic heterocycles. The van der Waals surface area contributed by atoms with E-state index in [1.165, 1.54) is 5.56 Å². The van der Waals surface area contributed by atoms with Crippen LogP contribution < -0.4 is 0 Å². The fourth-order valence-electron chi connectivity index (χ4n) is 2.23. The zero-order chi connectivity index (χ0) is 11.7. The van der Waals surface area contributed by atoms with Crippen molar-refractivity contribution in [1.82, 2.24) is 4.57 Å². The molecule has 84 valence electrons.